The molecule has 39 heavy (non-hydrogen) atoms. The first-order chi connectivity index (χ1) is 18.8. The quantitative estimate of drug-likeness (QED) is 0.169. The summed E-state index contributed by atoms with van der Waals surface area (Å²) in [6, 6.07) is 25.5. The molecule has 8 nitrogen and oxygen atoms in total. The third-order valence-electron chi connectivity index (χ3n) is 5.93. The van der Waals surface area contributed by atoms with E-state index in [4.69, 9.17) is 9.47 Å². The van der Waals surface area contributed by atoms with Crippen LogP contribution in [0.2, 0.25) is 0 Å². The van der Waals surface area contributed by atoms with Crippen molar-refractivity contribution in [2.75, 3.05) is 6.61 Å². The molecule has 0 aliphatic carbocycles. The number of ketones is 2. The van der Waals surface area contributed by atoms with Crippen LogP contribution in [0, 0.1) is 0 Å². The number of hydrogen-bond donors (Lipinski definition) is 3. The second-order valence-electron chi connectivity index (χ2n) is 8.68. The van der Waals surface area contributed by atoms with Gasteiger partial charge in [0.2, 0.25) is 0 Å². The normalized spacial score (nSPS) is 11.4. The Morgan fingerprint density at radius 3 is 1.64 bits per heavy atom. The molecular weight excluding hydrogens is 500 g/mol. The Morgan fingerprint density at radius 1 is 0.667 bits per heavy atom. The van der Waals surface area contributed by atoms with E-state index in [1.165, 1.54) is 30.3 Å². The molecule has 4 aromatic carbocycles. The van der Waals surface area contributed by atoms with Crippen molar-refractivity contribution in [1.82, 2.24) is 0 Å². The highest BCUT2D eigenvalue weighted by Gasteiger charge is 2.21. The zero-order valence-corrected chi connectivity index (χ0v) is 20.8. The predicted molar refractivity (Wildman–Crippen MR) is 143 cm³/mol. The van der Waals surface area contributed by atoms with Crippen LogP contribution in [0.15, 0.2) is 97.1 Å². The standard InChI is InChI=1S/C31H26O8/c32-26-18-22(13-15-24(26)29(34)20-8-3-1-4-9-20)38-17-7-12-28(31(36)37)39-23-14-16-25(27(33)19-23)30(35)21-10-5-2-6-11-21/h1-6,8-11,13-16,18-19,28,32-33H,7,12,17H2,(H,36,37). The molecule has 0 fully saturated rings. The van der Waals surface area contributed by atoms with Crippen molar-refractivity contribution in [1.29, 1.82) is 0 Å². The minimum Gasteiger partial charge on any atom is -0.507 e. The van der Waals surface area contributed by atoms with Gasteiger partial charge in [0.1, 0.15) is 23.0 Å². The van der Waals surface area contributed by atoms with Crippen LogP contribution in [-0.4, -0.2) is 45.6 Å². The fraction of sp³-hybridized carbons (Fsp3) is 0.129. The summed E-state index contributed by atoms with van der Waals surface area (Å²) in [5.41, 5.74) is 1.09. The van der Waals surface area contributed by atoms with Gasteiger partial charge in [0.05, 0.1) is 17.7 Å². The Labute approximate surface area is 224 Å². The molecule has 1 atom stereocenters. The molecule has 0 radical (unpaired) electrons. The molecule has 0 spiro atoms. The Kier molecular flexibility index (Phi) is 8.58. The molecule has 0 heterocycles. The first kappa shape index (κ1) is 26.9. The third kappa shape index (κ3) is 6.81. The summed E-state index contributed by atoms with van der Waals surface area (Å²) in [4.78, 5) is 36.9. The summed E-state index contributed by atoms with van der Waals surface area (Å²) >= 11 is 0. The maximum Gasteiger partial charge on any atom is 0.344 e. The van der Waals surface area contributed by atoms with E-state index in [-0.39, 0.29) is 53.0 Å². The van der Waals surface area contributed by atoms with Crippen molar-refractivity contribution in [3.05, 3.63) is 119 Å². The van der Waals surface area contributed by atoms with Gasteiger partial charge in [-0.2, -0.15) is 0 Å². The maximum absolute atomic E-state index is 12.6. The van der Waals surface area contributed by atoms with Crippen LogP contribution in [0.25, 0.3) is 0 Å². The molecule has 4 aromatic rings. The largest absolute Gasteiger partial charge is 0.507 e. The van der Waals surface area contributed by atoms with Gasteiger partial charge >= 0.3 is 5.97 Å². The summed E-state index contributed by atoms with van der Waals surface area (Å²) in [6.45, 7) is 0.133. The van der Waals surface area contributed by atoms with Gasteiger partial charge in [-0.3, -0.25) is 9.59 Å². The van der Waals surface area contributed by atoms with Crippen molar-refractivity contribution in [2.24, 2.45) is 0 Å². The molecule has 0 aliphatic heterocycles. The first-order valence-corrected chi connectivity index (χ1v) is 12.2. The minimum atomic E-state index is -1.22. The van der Waals surface area contributed by atoms with E-state index >= 15 is 0 Å². The minimum absolute atomic E-state index is 0.0774. The lowest BCUT2D eigenvalue weighted by Gasteiger charge is -2.16. The summed E-state index contributed by atoms with van der Waals surface area (Å²) < 4.78 is 11.2. The number of aliphatic carboxylic acids is 1. The molecule has 3 N–H and O–H groups in total. The number of rotatable bonds is 12. The number of carbonyl (C=O) groups excluding carboxylic acids is 2. The van der Waals surface area contributed by atoms with Gasteiger partial charge in [0.15, 0.2) is 17.7 Å². The molecule has 1 unspecified atom stereocenters. The lowest BCUT2D eigenvalue weighted by Crippen LogP contribution is -2.27. The Hall–Kier alpha value is -5.11. The number of aromatic hydroxyl groups is 2. The van der Waals surface area contributed by atoms with Gasteiger partial charge in [-0.15, -0.1) is 0 Å². The van der Waals surface area contributed by atoms with E-state index in [2.05, 4.69) is 0 Å². The molecule has 8 heteroatoms. The molecule has 198 valence electrons. The number of ether oxygens (including phenoxy) is 2. The highest BCUT2D eigenvalue weighted by molar-refractivity contribution is 6.11. The van der Waals surface area contributed by atoms with Crippen LogP contribution in [-0.2, 0) is 4.79 Å². The predicted octanol–water partition coefficient (Wildman–Crippen LogP) is 5.25. The molecule has 0 amide bonds. The second kappa shape index (κ2) is 12.4. The fourth-order valence-corrected chi connectivity index (χ4v) is 3.92. The van der Waals surface area contributed by atoms with Crippen molar-refractivity contribution >= 4 is 17.5 Å². The van der Waals surface area contributed by atoms with E-state index in [9.17, 15) is 29.7 Å². The van der Waals surface area contributed by atoms with E-state index < -0.39 is 12.1 Å². The van der Waals surface area contributed by atoms with Crippen molar-refractivity contribution in [3.8, 4) is 23.0 Å². The topological polar surface area (TPSA) is 130 Å². The van der Waals surface area contributed by atoms with E-state index in [0.717, 1.165) is 0 Å². The van der Waals surface area contributed by atoms with Gasteiger partial charge in [0.25, 0.3) is 0 Å². The van der Waals surface area contributed by atoms with E-state index in [1.54, 1.807) is 66.7 Å². The second-order valence-corrected chi connectivity index (χ2v) is 8.68. The number of carboxylic acids is 1. The highest BCUT2D eigenvalue weighted by Crippen LogP contribution is 2.28. The van der Waals surface area contributed by atoms with E-state index in [0.29, 0.717) is 23.3 Å². The highest BCUT2D eigenvalue weighted by atomic mass is 16.5. The summed E-state index contributed by atoms with van der Waals surface area (Å²) in [7, 11) is 0. The Bertz CT molecular complexity index is 1460. The Morgan fingerprint density at radius 2 is 1.15 bits per heavy atom. The van der Waals surface area contributed by atoms with Gasteiger partial charge in [-0.25, -0.2) is 4.79 Å². The zero-order chi connectivity index (χ0) is 27.8. The number of phenolic OH excluding ortho intramolecular Hbond substituents is 2. The number of benzene rings is 4. The Balaban J connectivity index is 1.31. The number of hydrogen-bond acceptors (Lipinski definition) is 7. The summed E-state index contributed by atoms with van der Waals surface area (Å²) in [6.07, 6.45) is -0.820. The van der Waals surface area contributed by atoms with Crippen molar-refractivity contribution < 1.29 is 39.2 Å². The maximum atomic E-state index is 12.6. The number of carboxylic acid groups (broad SMARTS) is 1. The monoisotopic (exact) mass is 526 g/mol. The molecular formula is C31H26O8. The molecule has 0 aromatic heterocycles. The van der Waals surface area contributed by atoms with Gasteiger partial charge in [-0.05, 0) is 37.1 Å². The zero-order valence-electron chi connectivity index (χ0n) is 20.8. The van der Waals surface area contributed by atoms with Crippen LogP contribution in [0.3, 0.4) is 0 Å². The fourth-order valence-electron chi connectivity index (χ4n) is 3.92. The van der Waals surface area contributed by atoms with Gasteiger partial charge in [0, 0.05) is 23.3 Å². The van der Waals surface area contributed by atoms with Crippen LogP contribution in [0.5, 0.6) is 23.0 Å². The lowest BCUT2D eigenvalue weighted by molar-refractivity contribution is -0.145. The third-order valence-corrected chi connectivity index (χ3v) is 5.93. The van der Waals surface area contributed by atoms with Crippen LogP contribution in [0.1, 0.15) is 44.7 Å². The van der Waals surface area contributed by atoms with Crippen molar-refractivity contribution in [2.45, 2.75) is 18.9 Å². The van der Waals surface area contributed by atoms with Crippen LogP contribution >= 0.6 is 0 Å². The van der Waals surface area contributed by atoms with Gasteiger partial charge < -0.3 is 24.8 Å². The molecule has 0 saturated heterocycles. The molecule has 4 rings (SSSR count). The average molecular weight is 527 g/mol. The lowest BCUT2D eigenvalue weighted by atomic mass is 10.0. The SMILES string of the molecule is O=C(c1ccccc1)c1ccc(OCCCC(Oc2ccc(C(=O)c3ccccc3)c(O)c2)C(=O)O)cc1O. The summed E-state index contributed by atoms with van der Waals surface area (Å²) in [5.74, 6) is -1.98. The summed E-state index contributed by atoms with van der Waals surface area (Å²) in [5, 5.41) is 30.2. The number of phenols is 2. The average Bonchev–Trinajstić information content (AvgIpc) is 2.95. The van der Waals surface area contributed by atoms with E-state index in [1.807, 2.05) is 0 Å². The van der Waals surface area contributed by atoms with Crippen LogP contribution in [0.4, 0.5) is 0 Å². The molecule has 0 saturated carbocycles. The molecule has 0 aliphatic rings. The smallest absolute Gasteiger partial charge is 0.344 e. The van der Waals surface area contributed by atoms with Gasteiger partial charge in [-0.1, -0.05) is 60.7 Å². The number of carbonyl (C=O) groups is 3. The van der Waals surface area contributed by atoms with Crippen LogP contribution < -0.4 is 9.47 Å². The molecule has 0 bridgehead atoms. The first-order valence-electron chi connectivity index (χ1n) is 12.2. The van der Waals surface area contributed by atoms with Crippen molar-refractivity contribution in [3.63, 3.8) is 0 Å².